The van der Waals surface area contributed by atoms with E-state index in [4.69, 9.17) is 5.11 Å². The van der Waals surface area contributed by atoms with Gasteiger partial charge in [0.1, 0.15) is 5.01 Å². The van der Waals surface area contributed by atoms with Crippen molar-refractivity contribution in [2.24, 2.45) is 0 Å². The van der Waals surface area contributed by atoms with Crippen molar-refractivity contribution in [3.63, 3.8) is 0 Å². The van der Waals surface area contributed by atoms with E-state index in [9.17, 15) is 9.59 Å². The van der Waals surface area contributed by atoms with Gasteiger partial charge in [-0.2, -0.15) is 0 Å². The molecule has 2 aromatic rings. The quantitative estimate of drug-likeness (QED) is 0.761. The molecule has 2 rings (SSSR count). The van der Waals surface area contributed by atoms with Gasteiger partial charge < -0.3 is 10.4 Å². The molecule has 0 radical (unpaired) electrons. The third-order valence-corrected chi connectivity index (χ3v) is 4.43. The Balaban J connectivity index is 1.81. The maximum Gasteiger partial charge on any atom is 0.303 e. The number of carboxylic acid groups (broad SMARTS) is 1. The number of amides is 1. The zero-order chi connectivity index (χ0) is 15.1. The molecule has 8 heteroatoms. The number of anilines is 1. The predicted molar refractivity (Wildman–Crippen MR) is 81.4 cm³/mol. The highest BCUT2D eigenvalue weighted by atomic mass is 32.2. The highest BCUT2D eigenvalue weighted by Crippen LogP contribution is 2.25. The van der Waals surface area contributed by atoms with E-state index in [-0.39, 0.29) is 18.7 Å². The molecule has 0 atom stereocenters. The number of aromatic nitrogens is 2. The van der Waals surface area contributed by atoms with Crippen molar-refractivity contribution >= 4 is 40.1 Å². The van der Waals surface area contributed by atoms with Crippen molar-refractivity contribution in [3.8, 4) is 0 Å². The van der Waals surface area contributed by atoms with Crippen molar-refractivity contribution in [1.82, 2.24) is 10.2 Å². The Morgan fingerprint density at radius 2 is 1.95 bits per heavy atom. The van der Waals surface area contributed by atoms with E-state index in [0.717, 1.165) is 9.90 Å². The molecular weight excluding hydrogens is 310 g/mol. The van der Waals surface area contributed by atoms with Gasteiger partial charge in [0, 0.05) is 11.3 Å². The molecule has 6 nitrogen and oxygen atoms in total. The van der Waals surface area contributed by atoms with Crippen molar-refractivity contribution in [2.45, 2.75) is 23.5 Å². The van der Waals surface area contributed by atoms with Gasteiger partial charge in [-0.3, -0.25) is 9.59 Å². The Hall–Kier alpha value is -1.93. The van der Waals surface area contributed by atoms with Crippen LogP contribution in [0.25, 0.3) is 0 Å². The first-order valence-corrected chi connectivity index (χ1v) is 7.95. The maximum atomic E-state index is 11.5. The second-order valence-electron chi connectivity index (χ2n) is 4.04. The number of carbonyl (C=O) groups is 2. The highest BCUT2D eigenvalue weighted by molar-refractivity contribution is 7.98. The van der Waals surface area contributed by atoms with Crippen molar-refractivity contribution in [2.75, 3.05) is 5.32 Å². The van der Waals surface area contributed by atoms with Crippen LogP contribution in [0.1, 0.15) is 17.8 Å². The van der Waals surface area contributed by atoms with E-state index in [0.29, 0.717) is 10.9 Å². The summed E-state index contributed by atoms with van der Waals surface area (Å²) in [5.74, 6) is -0.690. The molecule has 0 fully saturated rings. The monoisotopic (exact) mass is 323 g/mol. The summed E-state index contributed by atoms with van der Waals surface area (Å²) in [6.45, 7) is 0. The maximum absolute atomic E-state index is 11.5. The van der Waals surface area contributed by atoms with Crippen LogP contribution in [0.2, 0.25) is 0 Å². The van der Waals surface area contributed by atoms with E-state index in [1.54, 1.807) is 11.8 Å². The second kappa shape index (κ2) is 7.75. The lowest BCUT2D eigenvalue weighted by Crippen LogP contribution is -2.12. The molecule has 0 unspecified atom stereocenters. The summed E-state index contributed by atoms with van der Waals surface area (Å²) < 4.78 is 0. The zero-order valence-electron chi connectivity index (χ0n) is 11.0. The lowest BCUT2D eigenvalue weighted by molar-refractivity contribution is -0.138. The van der Waals surface area contributed by atoms with Crippen LogP contribution in [0.5, 0.6) is 0 Å². The van der Waals surface area contributed by atoms with Gasteiger partial charge in [-0.05, 0) is 12.1 Å². The number of benzene rings is 1. The van der Waals surface area contributed by atoms with E-state index in [2.05, 4.69) is 15.5 Å². The fraction of sp³-hybridized carbons (Fsp3) is 0.231. The Labute approximate surface area is 129 Å². The summed E-state index contributed by atoms with van der Waals surface area (Å²) in [5, 5.41) is 20.1. The van der Waals surface area contributed by atoms with Crippen molar-refractivity contribution in [1.29, 1.82) is 0 Å². The first-order chi connectivity index (χ1) is 10.1. The summed E-state index contributed by atoms with van der Waals surface area (Å²) in [6.07, 6.45) is -0.260. The lowest BCUT2D eigenvalue weighted by atomic mass is 10.3. The van der Waals surface area contributed by atoms with Gasteiger partial charge in [-0.15, -0.1) is 22.0 Å². The van der Waals surface area contributed by atoms with Gasteiger partial charge in [0.25, 0.3) is 0 Å². The first kappa shape index (κ1) is 15.5. The van der Waals surface area contributed by atoms with Crippen LogP contribution < -0.4 is 5.32 Å². The number of rotatable bonds is 7. The first-order valence-electron chi connectivity index (χ1n) is 6.15. The van der Waals surface area contributed by atoms with Gasteiger partial charge in [-0.25, -0.2) is 0 Å². The van der Waals surface area contributed by atoms with Gasteiger partial charge in [-0.1, -0.05) is 29.5 Å². The second-order valence-corrected chi connectivity index (χ2v) is 6.16. The smallest absolute Gasteiger partial charge is 0.303 e. The fourth-order valence-electron chi connectivity index (χ4n) is 1.43. The van der Waals surface area contributed by atoms with Crippen molar-refractivity contribution < 1.29 is 14.7 Å². The van der Waals surface area contributed by atoms with Gasteiger partial charge in [0.15, 0.2) is 0 Å². The Morgan fingerprint density at radius 1 is 1.19 bits per heavy atom. The molecule has 2 N–H and O–H groups in total. The number of carbonyl (C=O) groups excluding carboxylic acids is 1. The van der Waals surface area contributed by atoms with Gasteiger partial charge in [0.2, 0.25) is 11.0 Å². The number of thioether (sulfide) groups is 1. The molecule has 21 heavy (non-hydrogen) atoms. The van der Waals surface area contributed by atoms with Crippen LogP contribution in [0.3, 0.4) is 0 Å². The lowest BCUT2D eigenvalue weighted by Gasteiger charge is -1.98. The van der Waals surface area contributed by atoms with Crippen LogP contribution >= 0.6 is 23.1 Å². The van der Waals surface area contributed by atoms with Gasteiger partial charge in [0.05, 0.1) is 12.2 Å². The third-order valence-electron chi connectivity index (χ3n) is 2.38. The summed E-state index contributed by atoms with van der Waals surface area (Å²) in [5.41, 5.74) is 0. The molecule has 0 aliphatic heterocycles. The molecule has 0 aliphatic rings. The topological polar surface area (TPSA) is 92.2 Å². The molecular formula is C13H13N3O3S2. The summed E-state index contributed by atoms with van der Waals surface area (Å²) in [6, 6.07) is 9.92. The molecule has 1 aromatic carbocycles. The largest absolute Gasteiger partial charge is 0.481 e. The number of nitrogens with zero attached hydrogens (tertiary/aromatic N) is 2. The highest BCUT2D eigenvalue weighted by Gasteiger charge is 2.10. The zero-order valence-corrected chi connectivity index (χ0v) is 12.6. The van der Waals surface area contributed by atoms with E-state index < -0.39 is 5.97 Å². The predicted octanol–water partition coefficient (Wildman–Crippen LogP) is 2.63. The number of carboxylic acids is 1. The van der Waals surface area contributed by atoms with Crippen LogP contribution in [0, 0.1) is 0 Å². The molecule has 1 amide bonds. The minimum Gasteiger partial charge on any atom is -0.481 e. The minimum absolute atomic E-state index is 0.0665. The average molecular weight is 323 g/mol. The Bertz CT molecular complexity index is 616. The van der Waals surface area contributed by atoms with Crippen molar-refractivity contribution in [3.05, 3.63) is 35.3 Å². The van der Waals surface area contributed by atoms with Crippen LogP contribution in [-0.4, -0.2) is 27.2 Å². The molecule has 0 bridgehead atoms. The number of hydrogen-bond donors (Lipinski definition) is 2. The molecule has 0 spiro atoms. The number of hydrogen-bond acceptors (Lipinski definition) is 6. The normalized spacial score (nSPS) is 10.3. The average Bonchev–Trinajstić information content (AvgIpc) is 2.91. The van der Waals surface area contributed by atoms with Gasteiger partial charge >= 0.3 is 5.97 Å². The summed E-state index contributed by atoms with van der Waals surface area (Å²) in [7, 11) is 0. The number of nitrogens with one attached hydrogen (secondary N) is 1. The van der Waals surface area contributed by atoms with Crippen LogP contribution in [0.15, 0.2) is 35.2 Å². The van der Waals surface area contributed by atoms with E-state index in [1.165, 1.54) is 11.3 Å². The Morgan fingerprint density at radius 3 is 2.67 bits per heavy atom. The summed E-state index contributed by atoms with van der Waals surface area (Å²) >= 11 is 2.93. The molecule has 1 heterocycles. The minimum atomic E-state index is -0.998. The molecule has 0 saturated carbocycles. The fourth-order valence-corrected chi connectivity index (χ4v) is 3.09. The number of aliphatic carboxylic acids is 1. The molecule has 0 saturated heterocycles. The van der Waals surface area contributed by atoms with E-state index in [1.807, 2.05) is 30.3 Å². The molecule has 0 aliphatic carbocycles. The SMILES string of the molecule is O=C(O)CCC(=O)Nc1nnc(CSc2ccccc2)s1. The molecule has 110 valence electrons. The standard InChI is InChI=1S/C13H13N3O3S2/c17-10(6-7-12(18)19)14-13-16-15-11(21-13)8-20-9-4-2-1-3-5-9/h1-5H,6-8H2,(H,18,19)(H,14,16,17). The van der Waals surface area contributed by atoms with Crippen LogP contribution in [0.4, 0.5) is 5.13 Å². The summed E-state index contributed by atoms with van der Waals surface area (Å²) in [4.78, 5) is 23.0. The van der Waals surface area contributed by atoms with Crippen LogP contribution in [-0.2, 0) is 15.3 Å². The Kier molecular flexibility index (Phi) is 5.70. The van der Waals surface area contributed by atoms with E-state index >= 15 is 0 Å². The molecule has 1 aromatic heterocycles. The third kappa shape index (κ3) is 5.52.